The van der Waals surface area contributed by atoms with E-state index in [1.165, 1.54) is 6.07 Å². The Balaban J connectivity index is 2.07. The fourth-order valence-electron chi connectivity index (χ4n) is 2.16. The van der Waals surface area contributed by atoms with Crippen molar-refractivity contribution in [2.75, 3.05) is 23.9 Å². The van der Waals surface area contributed by atoms with Crippen LogP contribution >= 0.6 is 0 Å². The Morgan fingerprint density at radius 2 is 2.25 bits per heavy atom. The number of carbonyl (C=O) groups is 1. The normalized spacial score (nSPS) is 18.4. The van der Waals surface area contributed by atoms with E-state index in [1.54, 1.807) is 12.1 Å². The molecule has 110 valence electrons. The number of benzene rings is 1. The van der Waals surface area contributed by atoms with Gasteiger partial charge in [-0.05, 0) is 44.9 Å². The molecule has 1 unspecified atom stereocenters. The maximum absolute atomic E-state index is 14.1. The number of ether oxygens (including phenoxy) is 1. The molecule has 1 aliphatic rings. The van der Waals surface area contributed by atoms with Crippen LogP contribution in [0.15, 0.2) is 18.2 Å². The smallest absolute Gasteiger partial charge is 0.253 e. The van der Waals surface area contributed by atoms with Crippen molar-refractivity contribution in [2.45, 2.75) is 38.8 Å². The highest BCUT2D eigenvalue weighted by Gasteiger charge is 2.23. The van der Waals surface area contributed by atoms with Gasteiger partial charge in [0.2, 0.25) is 0 Å². The zero-order valence-electron chi connectivity index (χ0n) is 12.1. The van der Waals surface area contributed by atoms with Crippen LogP contribution < -0.4 is 10.2 Å². The molecule has 4 nitrogen and oxygen atoms in total. The zero-order valence-corrected chi connectivity index (χ0v) is 12.1. The molecule has 0 aromatic heterocycles. The maximum Gasteiger partial charge on any atom is 0.253 e. The van der Waals surface area contributed by atoms with E-state index in [-0.39, 0.29) is 17.8 Å². The lowest BCUT2D eigenvalue weighted by Gasteiger charge is -2.24. The molecule has 0 saturated carbocycles. The van der Waals surface area contributed by atoms with Gasteiger partial charge in [-0.2, -0.15) is 0 Å². The van der Waals surface area contributed by atoms with Gasteiger partial charge in [-0.25, -0.2) is 4.39 Å². The van der Waals surface area contributed by atoms with Crippen LogP contribution in [0.25, 0.3) is 0 Å². The van der Waals surface area contributed by atoms with Crippen LogP contribution in [0, 0.1) is 5.82 Å². The van der Waals surface area contributed by atoms with E-state index in [0.29, 0.717) is 18.0 Å². The predicted molar refractivity (Wildman–Crippen MR) is 77.5 cm³/mol. The molecule has 1 heterocycles. The van der Waals surface area contributed by atoms with E-state index in [2.05, 4.69) is 5.32 Å². The van der Waals surface area contributed by atoms with Crippen molar-refractivity contribution in [1.29, 1.82) is 0 Å². The van der Waals surface area contributed by atoms with Crippen molar-refractivity contribution in [2.24, 2.45) is 0 Å². The standard InChI is InChI=1S/C15H21FN2O2/c1-10(2)18(3)13-7-6-11(9-12(13)16)17-15(19)14-5-4-8-20-14/h6-7,9-10,14H,4-5,8H2,1-3H3,(H,17,19). The Morgan fingerprint density at radius 1 is 1.50 bits per heavy atom. The van der Waals surface area contributed by atoms with Crippen molar-refractivity contribution in [3.8, 4) is 0 Å². The number of anilines is 2. The minimum Gasteiger partial charge on any atom is -0.370 e. The first-order chi connectivity index (χ1) is 9.49. The van der Waals surface area contributed by atoms with Crippen LogP contribution in [-0.4, -0.2) is 31.7 Å². The van der Waals surface area contributed by atoms with Gasteiger partial charge in [0.1, 0.15) is 11.9 Å². The number of carbonyl (C=O) groups excluding carboxylic acids is 1. The maximum atomic E-state index is 14.1. The Kier molecular flexibility index (Phi) is 4.60. The van der Waals surface area contributed by atoms with Gasteiger partial charge >= 0.3 is 0 Å². The summed E-state index contributed by atoms with van der Waals surface area (Å²) >= 11 is 0. The largest absolute Gasteiger partial charge is 0.370 e. The van der Waals surface area contributed by atoms with Crippen LogP contribution in [0.2, 0.25) is 0 Å². The second kappa shape index (κ2) is 6.22. The predicted octanol–water partition coefficient (Wildman–Crippen LogP) is 2.79. The summed E-state index contributed by atoms with van der Waals surface area (Å²) in [5, 5.41) is 2.70. The van der Waals surface area contributed by atoms with Crippen LogP contribution in [0.3, 0.4) is 0 Å². The van der Waals surface area contributed by atoms with Crippen molar-refractivity contribution in [1.82, 2.24) is 0 Å². The topological polar surface area (TPSA) is 41.6 Å². The lowest BCUT2D eigenvalue weighted by atomic mass is 10.2. The third-order valence-electron chi connectivity index (χ3n) is 3.59. The highest BCUT2D eigenvalue weighted by Crippen LogP contribution is 2.24. The van der Waals surface area contributed by atoms with Crippen LogP contribution in [-0.2, 0) is 9.53 Å². The van der Waals surface area contributed by atoms with Gasteiger partial charge in [-0.3, -0.25) is 4.79 Å². The molecule has 1 aromatic rings. The van der Waals surface area contributed by atoms with E-state index < -0.39 is 6.10 Å². The Morgan fingerprint density at radius 3 is 2.80 bits per heavy atom. The second-order valence-electron chi connectivity index (χ2n) is 5.36. The second-order valence-corrected chi connectivity index (χ2v) is 5.36. The quantitative estimate of drug-likeness (QED) is 0.922. The average Bonchev–Trinajstić information content (AvgIpc) is 2.92. The number of nitrogens with zero attached hydrogens (tertiary/aromatic N) is 1. The summed E-state index contributed by atoms with van der Waals surface area (Å²) in [6.45, 7) is 4.60. The first-order valence-electron chi connectivity index (χ1n) is 6.94. The lowest BCUT2D eigenvalue weighted by Crippen LogP contribution is -2.28. The molecule has 1 atom stereocenters. The Labute approximate surface area is 118 Å². The SMILES string of the molecule is CC(C)N(C)c1ccc(NC(=O)C2CCCO2)cc1F. The first-order valence-corrected chi connectivity index (χ1v) is 6.94. The summed E-state index contributed by atoms with van der Waals surface area (Å²) in [6, 6.07) is 4.95. The molecule has 2 rings (SSSR count). The van der Waals surface area contributed by atoms with Crippen LogP contribution in [0.4, 0.5) is 15.8 Å². The number of hydrogen-bond donors (Lipinski definition) is 1. The van der Waals surface area contributed by atoms with E-state index in [4.69, 9.17) is 4.74 Å². The van der Waals surface area contributed by atoms with Gasteiger partial charge in [0, 0.05) is 25.4 Å². The van der Waals surface area contributed by atoms with Crippen molar-refractivity contribution in [3.63, 3.8) is 0 Å². The summed E-state index contributed by atoms with van der Waals surface area (Å²) in [5.74, 6) is -0.543. The van der Waals surface area contributed by atoms with Gasteiger partial charge in [-0.15, -0.1) is 0 Å². The van der Waals surface area contributed by atoms with Gasteiger partial charge in [0.05, 0.1) is 5.69 Å². The number of amides is 1. The first kappa shape index (κ1) is 14.8. The van der Waals surface area contributed by atoms with Gasteiger partial charge in [-0.1, -0.05) is 0 Å². The molecular formula is C15H21FN2O2. The van der Waals surface area contributed by atoms with Crippen molar-refractivity contribution in [3.05, 3.63) is 24.0 Å². The number of halogens is 1. The highest BCUT2D eigenvalue weighted by atomic mass is 19.1. The minimum absolute atomic E-state index is 0.202. The molecule has 0 radical (unpaired) electrons. The third-order valence-corrected chi connectivity index (χ3v) is 3.59. The molecule has 0 aliphatic carbocycles. The highest BCUT2D eigenvalue weighted by molar-refractivity contribution is 5.94. The van der Waals surface area contributed by atoms with Crippen LogP contribution in [0.1, 0.15) is 26.7 Å². The Hall–Kier alpha value is -1.62. The number of hydrogen-bond acceptors (Lipinski definition) is 3. The lowest BCUT2D eigenvalue weighted by molar-refractivity contribution is -0.124. The average molecular weight is 280 g/mol. The zero-order chi connectivity index (χ0) is 14.7. The molecule has 1 N–H and O–H groups in total. The van der Waals surface area contributed by atoms with Gasteiger partial charge < -0.3 is 15.0 Å². The summed E-state index contributed by atoms with van der Waals surface area (Å²) in [5.41, 5.74) is 0.985. The van der Waals surface area contributed by atoms with Crippen LogP contribution in [0.5, 0.6) is 0 Å². The monoisotopic (exact) mass is 280 g/mol. The van der Waals surface area contributed by atoms with Gasteiger partial charge in [0.25, 0.3) is 5.91 Å². The van der Waals surface area contributed by atoms with Crippen molar-refractivity contribution >= 4 is 17.3 Å². The summed E-state index contributed by atoms with van der Waals surface area (Å²) in [7, 11) is 1.84. The summed E-state index contributed by atoms with van der Waals surface area (Å²) < 4.78 is 19.4. The molecule has 1 amide bonds. The fourth-order valence-corrected chi connectivity index (χ4v) is 2.16. The molecule has 0 bridgehead atoms. The van der Waals surface area contributed by atoms with Crippen molar-refractivity contribution < 1.29 is 13.9 Å². The molecule has 5 heteroatoms. The van der Waals surface area contributed by atoms with E-state index in [1.807, 2.05) is 25.8 Å². The minimum atomic E-state index is -0.406. The van der Waals surface area contributed by atoms with E-state index >= 15 is 0 Å². The molecule has 1 aliphatic heterocycles. The molecule has 0 spiro atoms. The third kappa shape index (κ3) is 3.28. The van der Waals surface area contributed by atoms with E-state index in [0.717, 1.165) is 12.8 Å². The van der Waals surface area contributed by atoms with E-state index in [9.17, 15) is 9.18 Å². The van der Waals surface area contributed by atoms with Gasteiger partial charge in [0.15, 0.2) is 0 Å². The fraction of sp³-hybridized carbons (Fsp3) is 0.533. The summed E-state index contributed by atoms with van der Waals surface area (Å²) in [4.78, 5) is 13.7. The molecular weight excluding hydrogens is 259 g/mol. The summed E-state index contributed by atoms with van der Waals surface area (Å²) in [6.07, 6.45) is 1.21. The number of rotatable bonds is 4. The molecule has 1 saturated heterocycles. The molecule has 1 fully saturated rings. The Bertz CT molecular complexity index is 485. The molecule has 20 heavy (non-hydrogen) atoms. The number of nitrogens with one attached hydrogen (secondary N) is 1. The molecule has 1 aromatic carbocycles.